The molecule has 19 heavy (non-hydrogen) atoms. The number of imidazole rings is 1. The Balaban J connectivity index is 2.65. The number of hydrogen-bond donors (Lipinski definition) is 1. The molecule has 2 aromatic rings. The fourth-order valence-electron chi connectivity index (χ4n) is 2.45. The third kappa shape index (κ3) is 2.50. The van der Waals surface area contributed by atoms with Crippen LogP contribution in [0.5, 0.6) is 0 Å². The monoisotopic (exact) mass is 281 g/mol. The van der Waals surface area contributed by atoms with Gasteiger partial charge in [-0.25, -0.2) is 4.79 Å². The summed E-state index contributed by atoms with van der Waals surface area (Å²) in [7, 11) is 1.77. The van der Waals surface area contributed by atoms with Gasteiger partial charge in [-0.1, -0.05) is 25.4 Å². The molecule has 5 heteroatoms. The fraction of sp³-hybridized carbons (Fsp3) is 0.500. The van der Waals surface area contributed by atoms with Gasteiger partial charge in [0.1, 0.15) is 0 Å². The van der Waals surface area contributed by atoms with E-state index in [0.717, 1.165) is 42.7 Å². The molecule has 0 aliphatic carbocycles. The second-order valence-electron chi connectivity index (χ2n) is 4.77. The zero-order chi connectivity index (χ0) is 14.0. The van der Waals surface area contributed by atoms with Crippen molar-refractivity contribution in [2.45, 2.75) is 26.7 Å². The Kier molecular flexibility index (Phi) is 4.20. The first-order valence-corrected chi connectivity index (χ1v) is 7.10. The van der Waals surface area contributed by atoms with Crippen LogP contribution in [0.2, 0.25) is 5.02 Å². The van der Waals surface area contributed by atoms with E-state index in [4.69, 9.17) is 11.6 Å². The first kappa shape index (κ1) is 14.0. The van der Waals surface area contributed by atoms with Gasteiger partial charge in [0.2, 0.25) is 0 Å². The number of fused-ring (bicyclic) bond motifs is 1. The molecule has 4 nitrogen and oxygen atoms in total. The molecule has 104 valence electrons. The van der Waals surface area contributed by atoms with Gasteiger partial charge in [0.25, 0.3) is 0 Å². The Morgan fingerprint density at radius 3 is 2.47 bits per heavy atom. The van der Waals surface area contributed by atoms with E-state index >= 15 is 0 Å². The molecule has 0 amide bonds. The molecule has 0 saturated carbocycles. The molecule has 0 radical (unpaired) electrons. The molecule has 0 spiro atoms. The van der Waals surface area contributed by atoms with Gasteiger partial charge < -0.3 is 9.88 Å². The van der Waals surface area contributed by atoms with Crippen molar-refractivity contribution in [2.75, 3.05) is 18.0 Å². The van der Waals surface area contributed by atoms with Crippen LogP contribution in [-0.4, -0.2) is 22.6 Å². The number of nitrogens with zero attached hydrogens (tertiary/aromatic N) is 2. The standard InChI is InChI=1S/C14H20ClN3O/c1-4-8-18(9-5-2)11-7-6-10(15)12-13(11)17(3)14(19)16-12/h6-7H,4-5,8-9H2,1-3H3,(H,16,19). The van der Waals surface area contributed by atoms with Crippen molar-refractivity contribution in [1.82, 2.24) is 9.55 Å². The predicted octanol–water partition coefficient (Wildman–Crippen LogP) is 3.15. The molecular weight excluding hydrogens is 262 g/mol. The summed E-state index contributed by atoms with van der Waals surface area (Å²) in [6, 6.07) is 3.86. The SMILES string of the molecule is CCCN(CCC)c1ccc(Cl)c2[nH]c(=O)n(C)c12. The van der Waals surface area contributed by atoms with Crippen LogP contribution >= 0.6 is 11.6 Å². The van der Waals surface area contributed by atoms with E-state index in [9.17, 15) is 4.79 Å². The lowest BCUT2D eigenvalue weighted by Crippen LogP contribution is -2.25. The quantitative estimate of drug-likeness (QED) is 0.915. The number of aromatic amines is 1. The fourth-order valence-corrected chi connectivity index (χ4v) is 2.65. The highest BCUT2D eigenvalue weighted by molar-refractivity contribution is 6.35. The van der Waals surface area contributed by atoms with E-state index in [1.807, 2.05) is 12.1 Å². The van der Waals surface area contributed by atoms with E-state index < -0.39 is 0 Å². The number of hydrogen-bond acceptors (Lipinski definition) is 2. The van der Waals surface area contributed by atoms with Gasteiger partial charge in [-0.15, -0.1) is 0 Å². The molecule has 0 aliphatic rings. The van der Waals surface area contributed by atoms with Crippen molar-refractivity contribution in [2.24, 2.45) is 7.05 Å². The van der Waals surface area contributed by atoms with Crippen LogP contribution in [0.4, 0.5) is 5.69 Å². The van der Waals surface area contributed by atoms with Crippen LogP contribution in [0.1, 0.15) is 26.7 Å². The Bertz CT molecular complexity index is 623. The number of aryl methyl sites for hydroxylation is 1. The van der Waals surface area contributed by atoms with E-state index in [2.05, 4.69) is 23.7 Å². The van der Waals surface area contributed by atoms with Gasteiger partial charge in [0, 0.05) is 20.1 Å². The molecule has 0 atom stereocenters. The maximum atomic E-state index is 11.8. The number of H-pyrrole nitrogens is 1. The third-order valence-corrected chi connectivity index (χ3v) is 3.62. The van der Waals surface area contributed by atoms with Gasteiger partial charge in [-0.2, -0.15) is 0 Å². The zero-order valence-corrected chi connectivity index (χ0v) is 12.4. The Morgan fingerprint density at radius 1 is 1.26 bits per heavy atom. The zero-order valence-electron chi connectivity index (χ0n) is 11.7. The second kappa shape index (κ2) is 5.70. The second-order valence-corrected chi connectivity index (χ2v) is 5.17. The number of nitrogens with one attached hydrogen (secondary N) is 1. The van der Waals surface area contributed by atoms with Crippen molar-refractivity contribution in [3.05, 3.63) is 27.6 Å². The minimum atomic E-state index is -0.128. The average molecular weight is 282 g/mol. The van der Waals surface area contributed by atoms with Crippen LogP contribution in [0, 0.1) is 0 Å². The largest absolute Gasteiger partial charge is 0.370 e. The topological polar surface area (TPSA) is 41.0 Å². The number of halogens is 1. The third-order valence-electron chi connectivity index (χ3n) is 3.31. The van der Waals surface area contributed by atoms with Gasteiger partial charge in [-0.3, -0.25) is 4.57 Å². The number of aromatic nitrogens is 2. The lowest BCUT2D eigenvalue weighted by Gasteiger charge is -2.25. The van der Waals surface area contributed by atoms with Crippen LogP contribution in [0.15, 0.2) is 16.9 Å². The van der Waals surface area contributed by atoms with Gasteiger partial charge >= 0.3 is 5.69 Å². The van der Waals surface area contributed by atoms with Crippen molar-refractivity contribution < 1.29 is 0 Å². The normalized spacial score (nSPS) is 11.2. The maximum Gasteiger partial charge on any atom is 0.326 e. The summed E-state index contributed by atoms with van der Waals surface area (Å²) in [5, 5.41) is 0.587. The number of benzene rings is 1. The first-order chi connectivity index (χ1) is 9.10. The maximum absolute atomic E-state index is 11.8. The summed E-state index contributed by atoms with van der Waals surface area (Å²) in [6.45, 7) is 6.27. The molecule has 1 aromatic carbocycles. The molecule has 0 bridgehead atoms. The Labute approximate surface area is 118 Å². The summed E-state index contributed by atoms with van der Waals surface area (Å²) in [5.74, 6) is 0. The van der Waals surface area contributed by atoms with Crippen LogP contribution in [-0.2, 0) is 7.05 Å². The number of rotatable bonds is 5. The van der Waals surface area contributed by atoms with Gasteiger partial charge in [0.15, 0.2) is 0 Å². The molecular formula is C14H20ClN3O. The Hall–Kier alpha value is -1.42. The molecule has 1 N–H and O–H groups in total. The van der Waals surface area contributed by atoms with Crippen molar-refractivity contribution >= 4 is 28.3 Å². The van der Waals surface area contributed by atoms with E-state index in [1.165, 1.54) is 0 Å². The summed E-state index contributed by atoms with van der Waals surface area (Å²) < 4.78 is 1.63. The van der Waals surface area contributed by atoms with Crippen LogP contribution in [0.25, 0.3) is 11.0 Å². The average Bonchev–Trinajstić information content (AvgIpc) is 2.68. The smallest absolute Gasteiger partial charge is 0.326 e. The van der Waals surface area contributed by atoms with Crippen molar-refractivity contribution in [3.63, 3.8) is 0 Å². The molecule has 0 fully saturated rings. The van der Waals surface area contributed by atoms with E-state index in [-0.39, 0.29) is 5.69 Å². The molecule has 1 aromatic heterocycles. The highest BCUT2D eigenvalue weighted by Gasteiger charge is 2.15. The highest BCUT2D eigenvalue weighted by Crippen LogP contribution is 2.30. The minimum Gasteiger partial charge on any atom is -0.370 e. The molecule has 0 unspecified atom stereocenters. The molecule has 0 saturated heterocycles. The minimum absolute atomic E-state index is 0.128. The van der Waals surface area contributed by atoms with E-state index in [0.29, 0.717) is 5.02 Å². The summed E-state index contributed by atoms with van der Waals surface area (Å²) in [6.07, 6.45) is 2.14. The lowest BCUT2D eigenvalue weighted by molar-refractivity contribution is 0.744. The lowest BCUT2D eigenvalue weighted by atomic mass is 10.2. The van der Waals surface area contributed by atoms with Gasteiger partial charge in [0.05, 0.1) is 21.7 Å². The van der Waals surface area contributed by atoms with E-state index in [1.54, 1.807) is 11.6 Å². The highest BCUT2D eigenvalue weighted by atomic mass is 35.5. The number of anilines is 1. The summed E-state index contributed by atoms with van der Waals surface area (Å²) in [4.78, 5) is 16.9. The molecule has 0 aliphatic heterocycles. The first-order valence-electron chi connectivity index (χ1n) is 6.72. The predicted molar refractivity (Wildman–Crippen MR) is 81.3 cm³/mol. The molecule has 2 rings (SSSR count). The Morgan fingerprint density at radius 2 is 1.89 bits per heavy atom. The van der Waals surface area contributed by atoms with Crippen molar-refractivity contribution in [1.29, 1.82) is 0 Å². The van der Waals surface area contributed by atoms with Crippen LogP contribution in [0.3, 0.4) is 0 Å². The van der Waals surface area contributed by atoms with Crippen molar-refractivity contribution in [3.8, 4) is 0 Å². The van der Waals surface area contributed by atoms with Crippen LogP contribution < -0.4 is 10.6 Å². The summed E-state index contributed by atoms with van der Waals surface area (Å²) >= 11 is 6.17. The van der Waals surface area contributed by atoms with Gasteiger partial charge in [-0.05, 0) is 25.0 Å². The summed E-state index contributed by atoms with van der Waals surface area (Å²) in [5.41, 5.74) is 2.56. The molecule has 1 heterocycles.